The number of amides is 1. The normalized spacial score (nSPS) is 11.1. The number of hydrogen-bond acceptors (Lipinski definition) is 5. The lowest BCUT2D eigenvalue weighted by Gasteiger charge is -2.19. The summed E-state index contributed by atoms with van der Waals surface area (Å²) in [5.41, 5.74) is 5.39. The third kappa shape index (κ3) is 5.83. The molecule has 0 saturated heterocycles. The Morgan fingerprint density at radius 1 is 1.50 bits per heavy atom. The largest absolute Gasteiger partial charge is 0.476 e. The molecule has 0 spiro atoms. The van der Waals surface area contributed by atoms with Crippen LogP contribution in [-0.4, -0.2) is 29.8 Å². The van der Waals surface area contributed by atoms with E-state index in [1.54, 1.807) is 20.8 Å². The predicted molar refractivity (Wildman–Crippen MR) is 71.8 cm³/mol. The molecule has 1 heterocycles. The average molecular weight is 285 g/mol. The fourth-order valence-electron chi connectivity index (χ4n) is 1.36. The van der Waals surface area contributed by atoms with Gasteiger partial charge in [0.05, 0.1) is 12.7 Å². The van der Waals surface area contributed by atoms with Crippen LogP contribution in [0.1, 0.15) is 26.3 Å². The minimum atomic E-state index is -0.545. The first-order chi connectivity index (χ1) is 9.31. The summed E-state index contributed by atoms with van der Waals surface area (Å²) in [6, 6.07) is 1.27. The minimum Gasteiger partial charge on any atom is -0.476 e. The van der Waals surface area contributed by atoms with E-state index < -0.39 is 17.5 Å². The molecule has 0 aliphatic rings. The summed E-state index contributed by atoms with van der Waals surface area (Å²) in [4.78, 5) is 15.2. The topological polar surface area (TPSA) is 86.5 Å². The number of pyridine rings is 1. The molecule has 0 bridgehead atoms. The molecule has 3 N–H and O–H groups in total. The van der Waals surface area contributed by atoms with Crippen molar-refractivity contribution in [3.05, 3.63) is 23.6 Å². The monoisotopic (exact) mass is 285 g/mol. The van der Waals surface area contributed by atoms with Crippen molar-refractivity contribution in [2.75, 3.05) is 13.2 Å². The Hall–Kier alpha value is -1.89. The number of carbonyl (C=O) groups is 1. The fourth-order valence-corrected chi connectivity index (χ4v) is 1.36. The van der Waals surface area contributed by atoms with E-state index in [0.29, 0.717) is 5.56 Å². The summed E-state index contributed by atoms with van der Waals surface area (Å²) in [5, 5.41) is 2.54. The van der Waals surface area contributed by atoms with Gasteiger partial charge in [0.15, 0.2) is 0 Å². The Morgan fingerprint density at radius 3 is 2.80 bits per heavy atom. The Labute approximate surface area is 117 Å². The number of nitrogens with one attached hydrogen (secondary N) is 1. The van der Waals surface area contributed by atoms with Gasteiger partial charge in [0, 0.05) is 12.1 Å². The van der Waals surface area contributed by atoms with Gasteiger partial charge in [0.2, 0.25) is 5.88 Å². The van der Waals surface area contributed by atoms with E-state index >= 15 is 0 Å². The molecule has 0 aliphatic heterocycles. The molecule has 6 nitrogen and oxygen atoms in total. The van der Waals surface area contributed by atoms with Crippen molar-refractivity contribution in [3.63, 3.8) is 0 Å². The molecule has 0 aliphatic carbocycles. The van der Waals surface area contributed by atoms with Gasteiger partial charge in [0.1, 0.15) is 18.0 Å². The highest BCUT2D eigenvalue weighted by molar-refractivity contribution is 5.67. The molecule has 0 saturated carbocycles. The second-order valence-electron chi connectivity index (χ2n) is 5.10. The van der Waals surface area contributed by atoms with Gasteiger partial charge in [0.25, 0.3) is 0 Å². The number of rotatable bonds is 5. The maximum atomic E-state index is 12.9. The lowest BCUT2D eigenvalue weighted by atomic mass is 10.2. The van der Waals surface area contributed by atoms with Crippen LogP contribution in [0.4, 0.5) is 9.18 Å². The predicted octanol–water partition coefficient (Wildman–Crippen LogP) is 1.58. The van der Waals surface area contributed by atoms with E-state index in [0.717, 1.165) is 6.20 Å². The number of hydrogen-bond donors (Lipinski definition) is 2. The fraction of sp³-hybridized carbons (Fsp3) is 0.538. The number of nitrogens with two attached hydrogens (primary N) is 1. The van der Waals surface area contributed by atoms with Crippen molar-refractivity contribution in [1.29, 1.82) is 0 Å². The third-order valence-electron chi connectivity index (χ3n) is 2.12. The molecule has 1 aromatic heterocycles. The number of aromatic nitrogens is 1. The van der Waals surface area contributed by atoms with Gasteiger partial charge >= 0.3 is 6.09 Å². The van der Waals surface area contributed by atoms with Crippen LogP contribution in [0.15, 0.2) is 12.3 Å². The van der Waals surface area contributed by atoms with Crippen molar-refractivity contribution >= 4 is 6.09 Å². The zero-order chi connectivity index (χ0) is 15.2. The Morgan fingerprint density at radius 2 is 2.20 bits per heavy atom. The van der Waals surface area contributed by atoms with Crippen LogP contribution in [-0.2, 0) is 11.3 Å². The molecule has 7 heteroatoms. The zero-order valence-electron chi connectivity index (χ0n) is 11.9. The van der Waals surface area contributed by atoms with E-state index in [9.17, 15) is 9.18 Å². The van der Waals surface area contributed by atoms with Crippen molar-refractivity contribution < 1.29 is 18.7 Å². The molecule has 20 heavy (non-hydrogen) atoms. The summed E-state index contributed by atoms with van der Waals surface area (Å²) in [6.07, 6.45) is 0.530. The van der Waals surface area contributed by atoms with Crippen LogP contribution in [0.2, 0.25) is 0 Å². The number of nitrogens with zero attached hydrogens (tertiary/aromatic N) is 1. The summed E-state index contributed by atoms with van der Waals surface area (Å²) in [5.74, 6) is -0.204. The van der Waals surface area contributed by atoms with Gasteiger partial charge in [-0.3, -0.25) is 0 Å². The number of carbonyl (C=O) groups excluding carboxylic acids is 1. The second kappa shape index (κ2) is 7.04. The Kier molecular flexibility index (Phi) is 5.69. The third-order valence-corrected chi connectivity index (χ3v) is 2.12. The number of halogens is 1. The van der Waals surface area contributed by atoms with Crippen molar-refractivity contribution in [3.8, 4) is 5.88 Å². The Bertz CT molecular complexity index is 461. The first kappa shape index (κ1) is 16.2. The zero-order valence-corrected chi connectivity index (χ0v) is 11.9. The van der Waals surface area contributed by atoms with E-state index in [1.807, 2.05) is 0 Å². The van der Waals surface area contributed by atoms with E-state index in [1.165, 1.54) is 6.07 Å². The molecule has 1 amide bonds. The van der Waals surface area contributed by atoms with Crippen LogP contribution in [0, 0.1) is 5.82 Å². The quantitative estimate of drug-likeness (QED) is 0.802. The van der Waals surface area contributed by atoms with Gasteiger partial charge in [-0.15, -0.1) is 0 Å². The van der Waals surface area contributed by atoms with Crippen LogP contribution < -0.4 is 15.8 Å². The van der Waals surface area contributed by atoms with Gasteiger partial charge < -0.3 is 20.5 Å². The molecular weight excluding hydrogens is 265 g/mol. The molecule has 0 aromatic carbocycles. The highest BCUT2D eigenvalue weighted by Gasteiger charge is 2.15. The maximum Gasteiger partial charge on any atom is 0.407 e. The second-order valence-corrected chi connectivity index (χ2v) is 5.10. The van der Waals surface area contributed by atoms with Crippen LogP contribution in [0.3, 0.4) is 0 Å². The number of ether oxygens (including phenoxy) is 2. The summed E-state index contributed by atoms with van der Waals surface area (Å²) < 4.78 is 23.3. The summed E-state index contributed by atoms with van der Waals surface area (Å²) in [7, 11) is 0. The van der Waals surface area contributed by atoms with Gasteiger partial charge in [-0.25, -0.2) is 14.2 Å². The van der Waals surface area contributed by atoms with Gasteiger partial charge in [-0.1, -0.05) is 0 Å². The molecule has 0 fully saturated rings. The number of alkyl carbamates (subject to hydrolysis) is 1. The van der Waals surface area contributed by atoms with Crippen molar-refractivity contribution in [1.82, 2.24) is 10.3 Å². The minimum absolute atomic E-state index is 0.125. The lowest BCUT2D eigenvalue weighted by molar-refractivity contribution is 0.0520. The van der Waals surface area contributed by atoms with Gasteiger partial charge in [-0.2, -0.15) is 0 Å². The standard InChI is InChI=1S/C13H20FN3O3/c1-13(2,3)20-12(18)16-4-5-19-11-9(7-15)6-10(14)8-17-11/h6,8H,4-5,7,15H2,1-3H3,(H,16,18). The van der Waals surface area contributed by atoms with Crippen molar-refractivity contribution in [2.24, 2.45) is 5.73 Å². The maximum absolute atomic E-state index is 12.9. The summed E-state index contributed by atoms with van der Waals surface area (Å²) >= 11 is 0. The lowest BCUT2D eigenvalue weighted by Crippen LogP contribution is -2.34. The Balaban J connectivity index is 2.36. The molecular formula is C13H20FN3O3. The summed E-state index contributed by atoms with van der Waals surface area (Å²) in [6.45, 7) is 5.89. The highest BCUT2D eigenvalue weighted by Crippen LogP contribution is 2.15. The first-order valence-electron chi connectivity index (χ1n) is 6.26. The van der Waals surface area contributed by atoms with E-state index in [2.05, 4.69) is 10.3 Å². The van der Waals surface area contributed by atoms with Gasteiger partial charge in [-0.05, 0) is 26.8 Å². The van der Waals surface area contributed by atoms with Crippen LogP contribution >= 0.6 is 0 Å². The van der Waals surface area contributed by atoms with Crippen LogP contribution in [0.5, 0.6) is 5.88 Å². The first-order valence-corrected chi connectivity index (χ1v) is 6.26. The molecule has 0 radical (unpaired) electrons. The molecule has 112 valence electrons. The molecule has 0 unspecified atom stereocenters. The smallest absolute Gasteiger partial charge is 0.407 e. The van der Waals surface area contributed by atoms with Crippen LogP contribution in [0.25, 0.3) is 0 Å². The molecule has 1 rings (SSSR count). The average Bonchev–Trinajstić information content (AvgIpc) is 2.33. The molecule has 1 aromatic rings. The highest BCUT2D eigenvalue weighted by atomic mass is 19.1. The van der Waals surface area contributed by atoms with E-state index in [-0.39, 0.29) is 25.6 Å². The molecule has 0 atom stereocenters. The SMILES string of the molecule is CC(C)(C)OC(=O)NCCOc1ncc(F)cc1CN. The van der Waals surface area contributed by atoms with Crippen molar-refractivity contribution in [2.45, 2.75) is 32.9 Å². The van der Waals surface area contributed by atoms with E-state index in [4.69, 9.17) is 15.2 Å².